The monoisotopic (exact) mass is 597 g/mol. The average molecular weight is 598 g/mol. The molecular formula is C35H35NO8. The highest BCUT2D eigenvalue weighted by Gasteiger charge is 2.58. The number of ether oxygens (including phenoxy) is 3. The summed E-state index contributed by atoms with van der Waals surface area (Å²) in [4.78, 5) is 52.2. The molecule has 0 fully saturated rings. The number of fused-ring (bicyclic) bond motifs is 3. The fourth-order valence-electron chi connectivity index (χ4n) is 6.18. The van der Waals surface area contributed by atoms with Crippen molar-refractivity contribution in [3.63, 3.8) is 0 Å². The van der Waals surface area contributed by atoms with Gasteiger partial charge in [-0.2, -0.15) is 0 Å². The van der Waals surface area contributed by atoms with Gasteiger partial charge in [0, 0.05) is 18.7 Å². The Labute approximate surface area is 255 Å². The molecule has 0 aromatic heterocycles. The van der Waals surface area contributed by atoms with Crippen LogP contribution in [0.5, 0.6) is 23.0 Å². The van der Waals surface area contributed by atoms with Crippen LogP contribution in [0.1, 0.15) is 63.1 Å². The number of hydrogen-bond acceptors (Lipinski definition) is 8. The Morgan fingerprint density at radius 3 is 2.25 bits per heavy atom. The zero-order chi connectivity index (χ0) is 32.1. The second kappa shape index (κ2) is 11.3. The van der Waals surface area contributed by atoms with Crippen LogP contribution in [0.4, 0.5) is 0 Å². The van der Waals surface area contributed by atoms with Crippen molar-refractivity contribution in [2.45, 2.75) is 60.1 Å². The molecule has 3 aromatic carbocycles. The van der Waals surface area contributed by atoms with Crippen molar-refractivity contribution in [2.75, 3.05) is 7.11 Å². The minimum Gasteiger partial charge on any atom is -0.507 e. The van der Waals surface area contributed by atoms with E-state index in [1.807, 2.05) is 58.0 Å². The van der Waals surface area contributed by atoms with Gasteiger partial charge in [0.15, 0.2) is 17.3 Å². The third-order valence-electron chi connectivity index (χ3n) is 8.96. The Kier molecular flexibility index (Phi) is 7.84. The highest BCUT2D eigenvalue weighted by atomic mass is 16.5. The highest BCUT2D eigenvalue weighted by Crippen LogP contribution is 2.56. The van der Waals surface area contributed by atoms with Gasteiger partial charge < -0.3 is 24.6 Å². The Hall–Kier alpha value is -4.92. The van der Waals surface area contributed by atoms with E-state index in [2.05, 4.69) is 5.32 Å². The molecular weight excluding hydrogens is 562 g/mol. The van der Waals surface area contributed by atoms with Crippen molar-refractivity contribution in [1.29, 1.82) is 0 Å². The maximum atomic E-state index is 13.8. The molecule has 0 radical (unpaired) electrons. The lowest BCUT2D eigenvalue weighted by Crippen LogP contribution is -2.47. The van der Waals surface area contributed by atoms with Crippen LogP contribution in [0.25, 0.3) is 0 Å². The Morgan fingerprint density at radius 1 is 1.02 bits per heavy atom. The molecule has 2 aliphatic rings. The summed E-state index contributed by atoms with van der Waals surface area (Å²) in [6.07, 6.45) is 1.10. The Morgan fingerprint density at radius 2 is 1.66 bits per heavy atom. The normalized spacial score (nSPS) is 18.6. The number of carbonyl (C=O) groups excluding carboxylic acids is 4. The molecule has 0 bridgehead atoms. The molecule has 5 rings (SSSR count). The van der Waals surface area contributed by atoms with Crippen LogP contribution in [0.2, 0.25) is 0 Å². The number of Topliss-reactive ketones (excluding diaryl/α,β-unsaturated/α-hetero) is 2. The number of aromatic hydroxyl groups is 1. The molecule has 3 aromatic rings. The fraction of sp³-hybridized carbons (Fsp3) is 0.314. The summed E-state index contributed by atoms with van der Waals surface area (Å²) in [5.74, 6) is -3.79. The van der Waals surface area contributed by atoms with Crippen molar-refractivity contribution in [1.82, 2.24) is 5.32 Å². The number of nitrogens with one attached hydrogen (secondary N) is 1. The van der Waals surface area contributed by atoms with Crippen LogP contribution in [-0.2, 0) is 33.0 Å². The number of allylic oxidation sites excluding steroid dienone is 2. The molecule has 1 aliphatic heterocycles. The van der Waals surface area contributed by atoms with Crippen LogP contribution >= 0.6 is 0 Å². The van der Waals surface area contributed by atoms with E-state index in [0.29, 0.717) is 6.61 Å². The number of rotatable bonds is 8. The van der Waals surface area contributed by atoms with Crippen molar-refractivity contribution in [2.24, 2.45) is 5.92 Å². The second-order valence-electron chi connectivity index (χ2n) is 11.5. The van der Waals surface area contributed by atoms with Gasteiger partial charge in [-0.25, -0.2) is 0 Å². The predicted octanol–water partition coefficient (Wildman–Crippen LogP) is 5.03. The first-order valence-corrected chi connectivity index (χ1v) is 14.3. The lowest BCUT2D eigenvalue weighted by atomic mass is 9.67. The zero-order valence-electron chi connectivity index (χ0n) is 25.8. The van der Waals surface area contributed by atoms with E-state index in [1.54, 1.807) is 0 Å². The number of carbonyl (C=O) groups is 4. The average Bonchev–Trinajstić information content (AvgIpc) is 3.29. The Balaban J connectivity index is 1.48. The molecule has 0 spiro atoms. The second-order valence-corrected chi connectivity index (χ2v) is 11.5. The van der Waals surface area contributed by atoms with Crippen LogP contribution in [0.3, 0.4) is 0 Å². The number of phenols is 1. The molecule has 9 nitrogen and oxygen atoms in total. The molecule has 1 amide bonds. The summed E-state index contributed by atoms with van der Waals surface area (Å²) in [6.45, 7) is 11.2. The minimum absolute atomic E-state index is 0.0115. The number of benzene rings is 3. The third-order valence-corrected chi connectivity index (χ3v) is 8.96. The van der Waals surface area contributed by atoms with E-state index in [-0.39, 0.29) is 40.7 Å². The van der Waals surface area contributed by atoms with Gasteiger partial charge in [-0.15, -0.1) is 0 Å². The number of phenolic OH excluding ortho intramolecular Hbond substituents is 1. The standard InChI is InChI=1S/C35H35NO8/c1-17-19(3)31(43-16-22-11-9-8-10-12-22)20(4)18(2)23(17)15-36-34(41)29-26(42-7)13-25(39)30-32(29)44-27-14-24(38)28(21(5)37)33(40)35(27,30)6/h8-14,28,39H,15-16H2,1-7H3,(H,36,41)/t28?,35-/m1/s1. The minimum atomic E-state index is -1.64. The molecule has 1 heterocycles. The van der Waals surface area contributed by atoms with Gasteiger partial charge in [0.05, 0.1) is 12.7 Å². The summed E-state index contributed by atoms with van der Waals surface area (Å²) in [5, 5.41) is 13.9. The predicted molar refractivity (Wildman–Crippen MR) is 162 cm³/mol. The van der Waals surface area contributed by atoms with Gasteiger partial charge in [0.2, 0.25) is 0 Å². The van der Waals surface area contributed by atoms with E-state index in [9.17, 15) is 24.3 Å². The van der Waals surface area contributed by atoms with Gasteiger partial charge in [-0.1, -0.05) is 30.3 Å². The van der Waals surface area contributed by atoms with Crippen LogP contribution in [0.15, 0.2) is 48.2 Å². The van der Waals surface area contributed by atoms with Crippen molar-refractivity contribution in [3.05, 3.63) is 92.7 Å². The highest BCUT2D eigenvalue weighted by molar-refractivity contribution is 6.27. The van der Waals surface area contributed by atoms with Gasteiger partial charge in [0.1, 0.15) is 52.3 Å². The van der Waals surface area contributed by atoms with Gasteiger partial charge in [-0.3, -0.25) is 19.2 Å². The summed E-state index contributed by atoms with van der Waals surface area (Å²) < 4.78 is 17.6. The van der Waals surface area contributed by atoms with E-state index >= 15 is 0 Å². The molecule has 44 heavy (non-hydrogen) atoms. The van der Waals surface area contributed by atoms with Crippen molar-refractivity contribution in [3.8, 4) is 23.0 Å². The first-order chi connectivity index (χ1) is 20.8. The summed E-state index contributed by atoms with van der Waals surface area (Å²) in [7, 11) is 1.34. The quantitative estimate of drug-likeness (QED) is 0.346. The maximum Gasteiger partial charge on any atom is 0.259 e. The maximum absolute atomic E-state index is 13.8. The SMILES string of the molecule is COc1cc(O)c2c(c1C(=O)NCc1c(C)c(C)c(OCc3ccccc3)c(C)c1C)OC1=CC(=O)C(C(C)=O)C(=O)[C@]12C. The van der Waals surface area contributed by atoms with E-state index in [1.165, 1.54) is 27.0 Å². The lowest BCUT2D eigenvalue weighted by molar-refractivity contribution is -0.140. The summed E-state index contributed by atoms with van der Waals surface area (Å²) in [6, 6.07) is 11.1. The van der Waals surface area contributed by atoms with Gasteiger partial charge in [0.25, 0.3) is 5.91 Å². The number of ketones is 3. The topological polar surface area (TPSA) is 128 Å². The number of methoxy groups -OCH3 is 1. The molecule has 9 heteroatoms. The Bertz CT molecular complexity index is 1740. The molecule has 2 N–H and O–H groups in total. The van der Waals surface area contributed by atoms with Crippen molar-refractivity contribution < 1.29 is 38.5 Å². The fourth-order valence-corrected chi connectivity index (χ4v) is 6.18. The largest absolute Gasteiger partial charge is 0.507 e. The van der Waals surface area contributed by atoms with Gasteiger partial charge in [-0.05, 0) is 74.9 Å². The molecule has 228 valence electrons. The molecule has 1 aliphatic carbocycles. The first kappa shape index (κ1) is 30.5. The molecule has 1 unspecified atom stereocenters. The molecule has 0 saturated heterocycles. The van der Waals surface area contributed by atoms with Crippen LogP contribution in [0, 0.1) is 33.6 Å². The summed E-state index contributed by atoms with van der Waals surface area (Å²) >= 11 is 0. The van der Waals surface area contributed by atoms with Gasteiger partial charge >= 0.3 is 0 Å². The van der Waals surface area contributed by atoms with Crippen LogP contribution < -0.4 is 19.5 Å². The van der Waals surface area contributed by atoms with E-state index < -0.39 is 34.6 Å². The number of amides is 1. The van der Waals surface area contributed by atoms with E-state index in [0.717, 1.165) is 45.2 Å². The van der Waals surface area contributed by atoms with Crippen LogP contribution in [-0.4, -0.2) is 35.5 Å². The zero-order valence-corrected chi connectivity index (χ0v) is 25.8. The summed E-state index contributed by atoms with van der Waals surface area (Å²) in [5.41, 5.74) is 4.19. The van der Waals surface area contributed by atoms with E-state index in [4.69, 9.17) is 14.2 Å². The van der Waals surface area contributed by atoms with Crippen molar-refractivity contribution >= 4 is 23.3 Å². The first-order valence-electron chi connectivity index (χ1n) is 14.3. The molecule has 0 saturated carbocycles. The smallest absolute Gasteiger partial charge is 0.259 e. The molecule has 2 atom stereocenters. The number of hydrogen-bond donors (Lipinski definition) is 2. The lowest BCUT2D eigenvalue weighted by Gasteiger charge is -2.30. The third kappa shape index (κ3) is 4.72.